The van der Waals surface area contributed by atoms with Crippen LogP contribution in [0, 0.1) is 13.8 Å². The zero-order valence-electron chi connectivity index (χ0n) is 11.2. The van der Waals surface area contributed by atoms with Crippen molar-refractivity contribution in [2.75, 3.05) is 7.11 Å². The first-order valence-corrected chi connectivity index (χ1v) is 6.21. The van der Waals surface area contributed by atoms with Gasteiger partial charge in [-0.15, -0.1) is 0 Å². The van der Waals surface area contributed by atoms with E-state index < -0.39 is 0 Å². The summed E-state index contributed by atoms with van der Waals surface area (Å²) in [7, 11) is 1.66. The number of fused-ring (bicyclic) bond motifs is 3. The summed E-state index contributed by atoms with van der Waals surface area (Å²) in [5, 5.41) is 4.08. The standard InChI is InChI=1S/C16H15NO2/c1-9-6-12-14(19-3)7-11-4-5-17-8-13(11)15(12)10(2)16(9)18/h4-8,17H,1-3H3. The molecule has 1 heterocycles. The highest BCUT2D eigenvalue weighted by atomic mass is 16.5. The van der Waals surface area contributed by atoms with Crippen LogP contribution in [0.1, 0.15) is 11.1 Å². The number of rotatable bonds is 1. The number of H-pyrrole nitrogens is 1. The number of benzene rings is 2. The summed E-state index contributed by atoms with van der Waals surface area (Å²) in [5.74, 6) is 0.805. The first-order chi connectivity index (χ1) is 9.13. The van der Waals surface area contributed by atoms with E-state index in [2.05, 4.69) is 4.98 Å². The molecule has 0 saturated carbocycles. The fraction of sp³-hybridized carbons (Fsp3) is 0.188. The fourth-order valence-corrected chi connectivity index (χ4v) is 2.68. The van der Waals surface area contributed by atoms with Gasteiger partial charge in [-0.05, 0) is 43.0 Å². The van der Waals surface area contributed by atoms with E-state index >= 15 is 0 Å². The first-order valence-electron chi connectivity index (χ1n) is 6.21. The highest BCUT2D eigenvalue weighted by Crippen LogP contribution is 2.34. The minimum Gasteiger partial charge on any atom is -0.496 e. The van der Waals surface area contributed by atoms with Crippen molar-refractivity contribution in [2.24, 2.45) is 0 Å². The Morgan fingerprint density at radius 3 is 2.68 bits per heavy atom. The molecule has 3 nitrogen and oxygen atoms in total. The van der Waals surface area contributed by atoms with Gasteiger partial charge in [0, 0.05) is 34.1 Å². The predicted octanol–water partition coefficient (Wildman–Crippen LogP) is 3.31. The van der Waals surface area contributed by atoms with E-state index in [4.69, 9.17) is 4.74 Å². The number of pyridine rings is 1. The lowest BCUT2D eigenvalue weighted by Gasteiger charge is -2.12. The van der Waals surface area contributed by atoms with Gasteiger partial charge >= 0.3 is 0 Å². The third-order valence-corrected chi connectivity index (χ3v) is 3.64. The van der Waals surface area contributed by atoms with Crippen molar-refractivity contribution in [1.82, 2.24) is 4.98 Å². The quantitative estimate of drug-likeness (QED) is 0.676. The summed E-state index contributed by atoms with van der Waals surface area (Å²) in [6.07, 6.45) is 3.80. The Bertz CT molecular complexity index is 847. The van der Waals surface area contributed by atoms with Crippen LogP contribution >= 0.6 is 0 Å². The summed E-state index contributed by atoms with van der Waals surface area (Å²) >= 11 is 0. The second-order valence-electron chi connectivity index (χ2n) is 4.80. The lowest BCUT2D eigenvalue weighted by molar-refractivity contribution is 0.420. The zero-order valence-corrected chi connectivity index (χ0v) is 11.2. The monoisotopic (exact) mass is 253 g/mol. The van der Waals surface area contributed by atoms with Gasteiger partial charge < -0.3 is 9.72 Å². The molecule has 0 spiro atoms. The van der Waals surface area contributed by atoms with Crippen molar-refractivity contribution in [3.8, 4) is 5.75 Å². The van der Waals surface area contributed by atoms with Crippen LogP contribution in [0.2, 0.25) is 0 Å². The molecule has 0 radical (unpaired) electrons. The Hall–Kier alpha value is -2.29. The van der Waals surface area contributed by atoms with Gasteiger partial charge in [-0.1, -0.05) is 0 Å². The van der Waals surface area contributed by atoms with Gasteiger partial charge in [0.1, 0.15) is 5.75 Å². The number of aromatic amines is 1. The number of hydrogen-bond acceptors (Lipinski definition) is 2. The van der Waals surface area contributed by atoms with Crippen LogP contribution in [-0.4, -0.2) is 12.1 Å². The summed E-state index contributed by atoms with van der Waals surface area (Å²) < 4.78 is 5.47. The molecule has 3 aromatic rings. The Balaban J connectivity index is 2.68. The molecule has 19 heavy (non-hydrogen) atoms. The third-order valence-electron chi connectivity index (χ3n) is 3.64. The first kappa shape index (κ1) is 11.8. The maximum atomic E-state index is 12.2. The second-order valence-corrected chi connectivity index (χ2v) is 4.80. The van der Waals surface area contributed by atoms with E-state index in [0.717, 1.165) is 38.4 Å². The molecule has 0 aliphatic rings. The Morgan fingerprint density at radius 1 is 1.16 bits per heavy atom. The Kier molecular flexibility index (Phi) is 2.56. The molecule has 3 heteroatoms. The maximum absolute atomic E-state index is 12.2. The second kappa shape index (κ2) is 4.12. The van der Waals surface area contributed by atoms with E-state index in [1.165, 1.54) is 0 Å². The topological polar surface area (TPSA) is 42.1 Å². The highest BCUT2D eigenvalue weighted by Gasteiger charge is 2.12. The van der Waals surface area contributed by atoms with E-state index in [0.29, 0.717) is 0 Å². The number of aryl methyl sites for hydroxylation is 2. The number of ether oxygens (including phenoxy) is 1. The number of aromatic nitrogens is 1. The molecule has 0 aliphatic heterocycles. The predicted molar refractivity (Wildman–Crippen MR) is 78.1 cm³/mol. The van der Waals surface area contributed by atoms with Gasteiger partial charge in [-0.3, -0.25) is 4.79 Å². The van der Waals surface area contributed by atoms with E-state index in [-0.39, 0.29) is 5.43 Å². The van der Waals surface area contributed by atoms with Gasteiger partial charge in [0.2, 0.25) is 0 Å². The molecule has 0 fully saturated rings. The molecule has 0 bridgehead atoms. The van der Waals surface area contributed by atoms with Gasteiger partial charge in [0.25, 0.3) is 0 Å². The number of methoxy groups -OCH3 is 1. The third kappa shape index (κ3) is 1.62. The smallest absolute Gasteiger partial charge is 0.185 e. The largest absolute Gasteiger partial charge is 0.496 e. The minimum atomic E-state index is 0.103. The van der Waals surface area contributed by atoms with Crippen molar-refractivity contribution in [2.45, 2.75) is 13.8 Å². The lowest BCUT2D eigenvalue weighted by Crippen LogP contribution is -2.09. The summed E-state index contributed by atoms with van der Waals surface area (Å²) in [6.45, 7) is 3.72. The SMILES string of the molecule is COc1cc2cc[nH]cc2c2c(C)c(=O)c(C)cc12. The van der Waals surface area contributed by atoms with Crippen LogP contribution < -0.4 is 10.2 Å². The molecular weight excluding hydrogens is 238 g/mol. The Morgan fingerprint density at radius 2 is 1.95 bits per heavy atom. The van der Waals surface area contributed by atoms with E-state index in [9.17, 15) is 4.79 Å². The summed E-state index contributed by atoms with van der Waals surface area (Å²) in [5.41, 5.74) is 1.63. The van der Waals surface area contributed by atoms with Gasteiger partial charge in [-0.2, -0.15) is 0 Å². The number of hydrogen-bond donors (Lipinski definition) is 1. The molecule has 1 aromatic heterocycles. The minimum absolute atomic E-state index is 0.103. The van der Waals surface area contributed by atoms with Crippen molar-refractivity contribution in [3.05, 3.63) is 51.9 Å². The van der Waals surface area contributed by atoms with Gasteiger partial charge in [0.15, 0.2) is 5.43 Å². The zero-order chi connectivity index (χ0) is 13.6. The average molecular weight is 253 g/mol. The maximum Gasteiger partial charge on any atom is 0.185 e. The molecule has 0 unspecified atom stereocenters. The number of nitrogens with one attached hydrogen (secondary N) is 1. The molecule has 0 atom stereocenters. The molecule has 1 N–H and O–H groups in total. The van der Waals surface area contributed by atoms with Crippen LogP contribution in [-0.2, 0) is 0 Å². The van der Waals surface area contributed by atoms with Crippen LogP contribution in [0.4, 0.5) is 0 Å². The van der Waals surface area contributed by atoms with Crippen molar-refractivity contribution < 1.29 is 4.74 Å². The Labute approximate surface area is 110 Å². The molecular formula is C16H15NO2. The van der Waals surface area contributed by atoms with Crippen molar-refractivity contribution in [1.29, 1.82) is 0 Å². The molecule has 0 saturated heterocycles. The van der Waals surface area contributed by atoms with Gasteiger partial charge in [0.05, 0.1) is 7.11 Å². The van der Waals surface area contributed by atoms with Crippen molar-refractivity contribution in [3.63, 3.8) is 0 Å². The molecule has 0 aliphatic carbocycles. The van der Waals surface area contributed by atoms with Gasteiger partial charge in [-0.25, -0.2) is 0 Å². The fourth-order valence-electron chi connectivity index (χ4n) is 2.68. The molecule has 96 valence electrons. The molecule has 2 aromatic carbocycles. The van der Waals surface area contributed by atoms with Crippen LogP contribution in [0.15, 0.2) is 35.4 Å². The lowest BCUT2D eigenvalue weighted by atomic mass is 9.96. The van der Waals surface area contributed by atoms with Crippen molar-refractivity contribution >= 4 is 21.5 Å². The van der Waals surface area contributed by atoms with Crippen LogP contribution in [0.25, 0.3) is 21.5 Å². The van der Waals surface area contributed by atoms with E-state index in [1.54, 1.807) is 7.11 Å². The summed E-state index contributed by atoms with van der Waals surface area (Å²) in [6, 6.07) is 5.91. The van der Waals surface area contributed by atoms with Crippen LogP contribution in [0.3, 0.4) is 0 Å². The molecule has 0 amide bonds. The van der Waals surface area contributed by atoms with Crippen LogP contribution in [0.5, 0.6) is 5.75 Å². The van der Waals surface area contributed by atoms with E-state index in [1.807, 2.05) is 44.4 Å². The highest BCUT2D eigenvalue weighted by molar-refractivity contribution is 6.11. The normalized spacial score (nSPS) is 11.1. The summed E-state index contributed by atoms with van der Waals surface area (Å²) in [4.78, 5) is 15.3. The average Bonchev–Trinajstić information content (AvgIpc) is 2.43. The molecule has 3 rings (SSSR count).